The van der Waals surface area contributed by atoms with Gasteiger partial charge in [-0.15, -0.1) is 0 Å². The van der Waals surface area contributed by atoms with Crippen molar-refractivity contribution in [3.05, 3.63) is 53.9 Å². The minimum atomic E-state index is 0.346. The minimum absolute atomic E-state index is 0.346. The summed E-state index contributed by atoms with van der Waals surface area (Å²) in [7, 11) is 0. The molecule has 0 spiro atoms. The Morgan fingerprint density at radius 1 is 1.09 bits per heavy atom. The molecule has 22 heavy (non-hydrogen) atoms. The van der Waals surface area contributed by atoms with Crippen LogP contribution < -0.4 is 5.32 Å². The zero-order chi connectivity index (χ0) is 15.2. The molecule has 1 saturated carbocycles. The van der Waals surface area contributed by atoms with Gasteiger partial charge in [-0.2, -0.15) is 5.10 Å². The lowest BCUT2D eigenvalue weighted by atomic mass is 9.86. The van der Waals surface area contributed by atoms with Crippen LogP contribution in [0.5, 0.6) is 0 Å². The van der Waals surface area contributed by atoms with E-state index in [2.05, 4.69) is 40.9 Å². The summed E-state index contributed by atoms with van der Waals surface area (Å²) in [5, 5.41) is 17.2. The predicted molar refractivity (Wildman–Crippen MR) is 87.4 cm³/mol. The van der Waals surface area contributed by atoms with E-state index < -0.39 is 0 Å². The molecule has 1 heterocycles. The third-order valence-corrected chi connectivity index (χ3v) is 4.57. The van der Waals surface area contributed by atoms with Gasteiger partial charge in [0.05, 0.1) is 12.7 Å². The third-order valence-electron chi connectivity index (χ3n) is 4.57. The summed E-state index contributed by atoms with van der Waals surface area (Å²) in [5.74, 6) is 0.520. The zero-order valence-electron chi connectivity index (χ0n) is 13.0. The summed E-state index contributed by atoms with van der Waals surface area (Å²) in [6.45, 7) is 2.05. The second kappa shape index (κ2) is 7.56. The Morgan fingerprint density at radius 3 is 2.59 bits per heavy atom. The van der Waals surface area contributed by atoms with E-state index in [-0.39, 0.29) is 0 Å². The summed E-state index contributed by atoms with van der Waals surface area (Å²) in [4.78, 5) is 0. The molecule has 2 N–H and O–H groups in total. The molecule has 2 aromatic rings. The molecule has 1 aromatic carbocycles. The van der Waals surface area contributed by atoms with E-state index in [9.17, 15) is 5.11 Å². The van der Waals surface area contributed by atoms with Gasteiger partial charge in [0.2, 0.25) is 0 Å². The number of aliphatic hydroxyl groups is 1. The van der Waals surface area contributed by atoms with Crippen molar-refractivity contribution in [2.24, 2.45) is 5.92 Å². The molecule has 0 unspecified atom stereocenters. The maximum atomic E-state index is 9.18. The van der Waals surface area contributed by atoms with Crippen molar-refractivity contribution in [2.75, 3.05) is 6.61 Å². The monoisotopic (exact) mass is 299 g/mol. The van der Waals surface area contributed by atoms with E-state index in [1.54, 1.807) is 0 Å². The van der Waals surface area contributed by atoms with Crippen LogP contribution in [0.25, 0.3) is 0 Å². The molecule has 0 atom stereocenters. The van der Waals surface area contributed by atoms with Crippen molar-refractivity contribution < 1.29 is 5.11 Å². The third kappa shape index (κ3) is 4.18. The lowest BCUT2D eigenvalue weighted by Crippen LogP contribution is -2.33. The van der Waals surface area contributed by atoms with Crippen LogP contribution in [-0.4, -0.2) is 27.5 Å². The predicted octanol–water partition coefficient (Wildman–Crippen LogP) is 2.57. The van der Waals surface area contributed by atoms with Gasteiger partial charge in [0.15, 0.2) is 0 Å². The zero-order valence-corrected chi connectivity index (χ0v) is 13.0. The van der Waals surface area contributed by atoms with Gasteiger partial charge in [-0.05, 0) is 37.2 Å². The molecule has 0 radical (unpaired) electrons. The van der Waals surface area contributed by atoms with Gasteiger partial charge in [0.25, 0.3) is 0 Å². The summed E-state index contributed by atoms with van der Waals surface area (Å²) < 4.78 is 2.00. The highest BCUT2D eigenvalue weighted by molar-refractivity contribution is 5.15. The number of nitrogens with zero attached hydrogens (tertiary/aromatic N) is 2. The van der Waals surface area contributed by atoms with Gasteiger partial charge in [-0.1, -0.05) is 30.3 Å². The van der Waals surface area contributed by atoms with Gasteiger partial charge < -0.3 is 10.4 Å². The van der Waals surface area contributed by atoms with Crippen LogP contribution in [0, 0.1) is 5.92 Å². The number of aromatic nitrogens is 2. The maximum Gasteiger partial charge on any atom is 0.0659 e. The number of nitrogens with one attached hydrogen (secondary N) is 1. The van der Waals surface area contributed by atoms with E-state index in [4.69, 9.17) is 0 Å². The van der Waals surface area contributed by atoms with Gasteiger partial charge in [0.1, 0.15) is 0 Å². The molecule has 3 rings (SSSR count). The molecule has 118 valence electrons. The fourth-order valence-electron chi connectivity index (χ4n) is 3.17. The first kappa shape index (κ1) is 15.3. The van der Waals surface area contributed by atoms with Crippen LogP contribution in [0.4, 0.5) is 0 Å². The molecule has 1 aliphatic rings. The average molecular weight is 299 g/mol. The second-order valence-electron chi connectivity index (χ2n) is 6.31. The van der Waals surface area contributed by atoms with Crippen molar-refractivity contribution in [1.29, 1.82) is 0 Å². The van der Waals surface area contributed by atoms with Crippen molar-refractivity contribution >= 4 is 0 Å². The van der Waals surface area contributed by atoms with Crippen LogP contribution in [0.3, 0.4) is 0 Å². The molecule has 0 saturated heterocycles. The Kier molecular flexibility index (Phi) is 5.24. The molecule has 0 amide bonds. The van der Waals surface area contributed by atoms with Crippen LogP contribution in [0.2, 0.25) is 0 Å². The number of aliphatic hydroxyl groups excluding tert-OH is 1. The molecule has 0 bridgehead atoms. The molecular formula is C18H25N3O. The fraction of sp³-hybridized carbons (Fsp3) is 0.500. The Bertz CT molecular complexity index is 559. The number of benzene rings is 1. The smallest absolute Gasteiger partial charge is 0.0659 e. The summed E-state index contributed by atoms with van der Waals surface area (Å²) in [6, 6.07) is 11.0. The maximum absolute atomic E-state index is 9.18. The first-order valence-electron chi connectivity index (χ1n) is 8.23. The molecular weight excluding hydrogens is 274 g/mol. The fourth-order valence-corrected chi connectivity index (χ4v) is 3.17. The largest absolute Gasteiger partial charge is 0.396 e. The highest BCUT2D eigenvalue weighted by Crippen LogP contribution is 2.23. The molecule has 4 heteroatoms. The Hall–Kier alpha value is -1.65. The Balaban J connectivity index is 1.46. The van der Waals surface area contributed by atoms with Crippen molar-refractivity contribution in [3.63, 3.8) is 0 Å². The quantitative estimate of drug-likeness (QED) is 0.862. The van der Waals surface area contributed by atoms with E-state index in [1.165, 1.54) is 24.0 Å². The SMILES string of the molecule is OCC1CCC(NCc2cnn(Cc3ccccc3)c2)CC1. The summed E-state index contributed by atoms with van der Waals surface area (Å²) >= 11 is 0. The van der Waals surface area contributed by atoms with Crippen LogP contribution >= 0.6 is 0 Å². The van der Waals surface area contributed by atoms with E-state index in [1.807, 2.05) is 16.9 Å². The van der Waals surface area contributed by atoms with Gasteiger partial charge in [0, 0.05) is 31.0 Å². The van der Waals surface area contributed by atoms with Gasteiger partial charge >= 0.3 is 0 Å². The van der Waals surface area contributed by atoms with Crippen molar-refractivity contribution in [1.82, 2.24) is 15.1 Å². The topological polar surface area (TPSA) is 50.1 Å². The first-order chi connectivity index (χ1) is 10.8. The van der Waals surface area contributed by atoms with Gasteiger partial charge in [-0.25, -0.2) is 0 Å². The van der Waals surface area contributed by atoms with Crippen molar-refractivity contribution in [3.8, 4) is 0 Å². The normalized spacial score (nSPS) is 21.9. The van der Waals surface area contributed by atoms with Crippen LogP contribution in [0.1, 0.15) is 36.8 Å². The van der Waals surface area contributed by atoms with Crippen LogP contribution in [-0.2, 0) is 13.1 Å². The highest BCUT2D eigenvalue weighted by atomic mass is 16.3. The second-order valence-corrected chi connectivity index (χ2v) is 6.31. The first-order valence-corrected chi connectivity index (χ1v) is 8.23. The Morgan fingerprint density at radius 2 is 1.86 bits per heavy atom. The number of rotatable bonds is 6. The molecule has 1 fully saturated rings. The lowest BCUT2D eigenvalue weighted by Gasteiger charge is -2.27. The summed E-state index contributed by atoms with van der Waals surface area (Å²) in [6.07, 6.45) is 8.70. The number of hydrogen-bond donors (Lipinski definition) is 2. The van der Waals surface area contributed by atoms with Crippen LogP contribution in [0.15, 0.2) is 42.7 Å². The standard InChI is InChI=1S/C18H25N3O/c22-14-16-6-8-18(9-7-16)19-10-17-11-20-21(13-17)12-15-4-2-1-3-5-15/h1-5,11,13,16,18-19,22H,6-10,12,14H2. The Labute approximate surface area is 132 Å². The van der Waals surface area contributed by atoms with E-state index >= 15 is 0 Å². The van der Waals surface area contributed by atoms with Crippen molar-refractivity contribution in [2.45, 2.75) is 44.8 Å². The molecule has 0 aliphatic heterocycles. The highest BCUT2D eigenvalue weighted by Gasteiger charge is 2.20. The van der Waals surface area contributed by atoms with E-state index in [0.29, 0.717) is 18.6 Å². The minimum Gasteiger partial charge on any atom is -0.396 e. The number of hydrogen-bond acceptors (Lipinski definition) is 3. The molecule has 4 nitrogen and oxygen atoms in total. The average Bonchev–Trinajstić information content (AvgIpc) is 3.02. The molecule has 1 aromatic heterocycles. The van der Waals surface area contributed by atoms with E-state index in [0.717, 1.165) is 25.9 Å². The molecule has 1 aliphatic carbocycles. The summed E-state index contributed by atoms with van der Waals surface area (Å²) in [5.41, 5.74) is 2.51. The van der Waals surface area contributed by atoms with Gasteiger partial charge in [-0.3, -0.25) is 4.68 Å². The lowest BCUT2D eigenvalue weighted by molar-refractivity contribution is 0.175.